The number of ether oxygens (including phenoxy) is 8. The molecule has 25 atom stereocenters. The molecule has 13 rings (SSSR count). The first-order valence-corrected chi connectivity index (χ1v) is 42.3. The quantitative estimate of drug-likeness (QED) is 0.0345. The lowest BCUT2D eigenvalue weighted by atomic mass is 9.94. The molecule has 0 saturated carbocycles. The number of hydrogen-bond donors (Lipinski definition) is 10. The van der Waals surface area contributed by atoms with Gasteiger partial charge in [-0.3, -0.25) is 66.0 Å². The average Bonchev–Trinajstić information content (AvgIpc) is 1.56. The van der Waals surface area contributed by atoms with Gasteiger partial charge in [-0.25, -0.2) is 23.7 Å². The fourth-order valence-electron chi connectivity index (χ4n) is 14.4. The molecule has 9 unspecified atom stereocenters. The number of phosphoric ester groups is 1. The minimum absolute atomic E-state index is 0.0291. The van der Waals surface area contributed by atoms with E-state index >= 15 is 4.57 Å². The molecular weight excluding hydrogens is 1550 g/mol. The second kappa shape index (κ2) is 28.8. The Balaban J connectivity index is 0.753. The standard InChI is InChI=1S/C58H77N11O30P4S3/c1-11-32-33(12-36(91-32)66-16-25(4)46(72)62-53(66)76)96-101(81,104)84-19-35-34(13-37(92-35)67-17-26(5)47(73)63-54(67)77)97-102(82,105)87-22-58-30(9)89-39(50(95-58)68-14-23(2)44(59)61-52(68)75)42(58)98-100(79,80)85-21-57-29(8)90-40(51(94-57)69-18-27(6)48(74)64-55(69)78)43(57)99-103(83,106)86-20-56-28(7)88-38(41(56)70)49(93-56)65-15-24(3)45(71)60-31(65)10/h14-18,28-30,32-43,49-51,70H,10-13,19-22H2,1-9H3,(H,60,71)(H,79,80)(H,81,104)(H,82,105)(H,83,106)(H2,59,61,75)(H,62,72,76)(H,63,73,77)(H,64,74,78)/t28-,29-,30-,32+,33?,34?,35+,36+,37+,38-,39-,40-,41?,42?,43?,49+,50+,51+,56-,57-,58-,101?,102?,103?/m0/s1. The number of nitrogen functional groups attached to an aromatic ring is 1. The number of aromatic amines is 3. The van der Waals surface area contributed by atoms with Crippen molar-refractivity contribution in [3.8, 4) is 0 Å². The zero-order valence-electron chi connectivity index (χ0n) is 57.7. The van der Waals surface area contributed by atoms with Gasteiger partial charge >= 0.3 is 50.7 Å². The van der Waals surface area contributed by atoms with Gasteiger partial charge in [0.15, 0.2) is 18.7 Å². The number of aryl methyl sites for hydroxylation is 4. The number of aromatic nitrogens is 8. The SMILES string of the molecule is C=C1NC(=O)C(C)=CN1[C@@H]1O[C@]2(COP(O)(=S)OC3[C@@H]4O[C@@H](C)[C@]3(COP(=O)(O)OC3[C@@H]5O[C@@H](C)[C@]3(COP(O)(=S)OC3C[C@H](n6cc(C)c(=O)[nH]c6=O)O[C@@H]3COP(O)(=S)OC3C[C@H](n6cc(C)c(=O)[nH]c6=O)O[C@@H]3CC)O[C@H]5n3cc(C)c(N)nc3=O)O[C@H]4n3cc(C)c(=O)[nH]c3=O)C(O)[C@@H]1O[C@H]2C. The molecule has 582 valence electrons. The molecule has 0 radical (unpaired) electrons. The van der Waals surface area contributed by atoms with Crippen molar-refractivity contribution in [3.05, 3.63) is 144 Å². The fourth-order valence-corrected chi connectivity index (χ4v) is 19.8. The molecule has 8 fully saturated rings. The van der Waals surface area contributed by atoms with Gasteiger partial charge in [0.1, 0.15) is 83.6 Å². The van der Waals surface area contributed by atoms with Gasteiger partial charge in [-0.15, -0.1) is 0 Å². The van der Waals surface area contributed by atoms with Gasteiger partial charge in [0.05, 0.1) is 63.1 Å². The Morgan fingerprint density at radius 1 is 0.585 bits per heavy atom. The van der Waals surface area contributed by atoms with E-state index in [0.717, 1.165) is 19.9 Å². The number of fused-ring (bicyclic) bond motifs is 6. The van der Waals surface area contributed by atoms with E-state index in [1.54, 1.807) is 20.8 Å². The predicted octanol–water partition coefficient (Wildman–Crippen LogP) is -0.787. The van der Waals surface area contributed by atoms with E-state index in [2.05, 4.69) is 31.8 Å². The molecule has 13 heterocycles. The van der Waals surface area contributed by atoms with Crippen LogP contribution < -0.4 is 50.5 Å². The van der Waals surface area contributed by atoms with Crippen molar-refractivity contribution < 1.29 is 108 Å². The summed E-state index contributed by atoms with van der Waals surface area (Å²) >= 11 is 16.8. The normalized spacial score (nSPS) is 36.8. The van der Waals surface area contributed by atoms with Gasteiger partial charge in [-0.1, -0.05) is 13.5 Å². The maximum Gasteiger partial charge on any atom is 0.472 e. The second-order valence-corrected chi connectivity index (χ2v) is 36.9. The number of aliphatic hydroxyl groups excluding tert-OH is 1. The molecule has 9 aliphatic rings. The van der Waals surface area contributed by atoms with Gasteiger partial charge in [-0.05, 0) is 97.2 Å². The highest BCUT2D eigenvalue weighted by atomic mass is 32.5. The number of hydrogen-bond acceptors (Lipinski definition) is 32. The maximum absolute atomic E-state index is 15.0. The first kappa shape index (κ1) is 78.9. The van der Waals surface area contributed by atoms with Crippen LogP contribution in [0.25, 0.3) is 0 Å². The van der Waals surface area contributed by atoms with Crippen molar-refractivity contribution >= 4 is 75.1 Å². The number of nitrogens with two attached hydrogens (primary N) is 1. The highest BCUT2D eigenvalue weighted by Crippen LogP contribution is 2.63. The molecule has 1 amide bonds. The van der Waals surface area contributed by atoms with E-state index in [1.807, 2.05) is 0 Å². The van der Waals surface area contributed by atoms with Crippen molar-refractivity contribution in [2.45, 2.75) is 209 Å². The summed E-state index contributed by atoms with van der Waals surface area (Å²) in [6.07, 6.45) is -17.2. The van der Waals surface area contributed by atoms with Crippen molar-refractivity contribution in [1.29, 1.82) is 0 Å². The molecule has 106 heavy (non-hydrogen) atoms. The van der Waals surface area contributed by atoms with E-state index in [4.69, 9.17) is 115 Å². The van der Waals surface area contributed by atoms with Crippen LogP contribution in [0.5, 0.6) is 0 Å². The third-order valence-corrected chi connectivity index (χ3v) is 25.9. The van der Waals surface area contributed by atoms with E-state index in [1.165, 1.54) is 75.8 Å². The van der Waals surface area contributed by atoms with Crippen molar-refractivity contribution in [2.24, 2.45) is 0 Å². The molecule has 11 N–H and O–H groups in total. The van der Waals surface area contributed by atoms with Gasteiger partial charge in [-0.2, -0.15) is 4.98 Å². The number of H-pyrrole nitrogens is 3. The summed E-state index contributed by atoms with van der Waals surface area (Å²) < 4.78 is 118. The topological polar surface area (TPSA) is 524 Å². The van der Waals surface area contributed by atoms with Gasteiger partial charge < -0.3 is 101 Å². The summed E-state index contributed by atoms with van der Waals surface area (Å²) in [6, 6.07) is 0. The Kier molecular flexibility index (Phi) is 21.5. The number of nitrogens with one attached hydrogen (secondary N) is 4. The lowest BCUT2D eigenvalue weighted by Gasteiger charge is -2.41. The molecule has 9 aliphatic heterocycles. The zero-order chi connectivity index (χ0) is 76.8. The third kappa shape index (κ3) is 14.6. The molecule has 41 nitrogen and oxygen atoms in total. The molecule has 8 saturated heterocycles. The summed E-state index contributed by atoms with van der Waals surface area (Å²) in [7, 11) is -5.70. The van der Waals surface area contributed by atoms with Gasteiger partial charge in [0, 0.05) is 71.7 Å². The highest BCUT2D eigenvalue weighted by Gasteiger charge is 2.72. The minimum Gasteiger partial charge on any atom is -0.387 e. The maximum atomic E-state index is 15.0. The Morgan fingerprint density at radius 3 is 1.58 bits per heavy atom. The molecule has 6 bridgehead atoms. The largest absolute Gasteiger partial charge is 0.472 e. The van der Waals surface area contributed by atoms with Crippen LogP contribution in [-0.4, -0.2) is 203 Å². The van der Waals surface area contributed by atoms with Crippen LogP contribution >= 0.6 is 28.0 Å². The molecule has 0 aromatic carbocycles. The van der Waals surface area contributed by atoms with Crippen LogP contribution in [0.1, 0.15) is 101 Å². The van der Waals surface area contributed by atoms with Crippen molar-refractivity contribution in [3.63, 3.8) is 0 Å². The van der Waals surface area contributed by atoms with E-state index < -0.39 is 227 Å². The Morgan fingerprint density at radius 2 is 1.02 bits per heavy atom. The van der Waals surface area contributed by atoms with Crippen LogP contribution in [0, 0.1) is 27.7 Å². The molecule has 48 heteroatoms. The number of carbonyl (C=O) groups excluding carboxylic acids is 1. The molecule has 0 spiro atoms. The average molecular weight is 1630 g/mol. The van der Waals surface area contributed by atoms with Gasteiger partial charge in [0.2, 0.25) is 0 Å². The first-order chi connectivity index (χ1) is 49.6. The summed E-state index contributed by atoms with van der Waals surface area (Å²) in [6.45, 7) is 0.262. The summed E-state index contributed by atoms with van der Waals surface area (Å²) in [5.41, 5.74) is -4.93. The van der Waals surface area contributed by atoms with Crippen LogP contribution in [-0.2, 0) is 119 Å². The fraction of sp³-hybridized carbons (Fsp3) is 0.638. The van der Waals surface area contributed by atoms with E-state index in [0.29, 0.717) is 6.42 Å². The minimum atomic E-state index is -5.70. The lowest BCUT2D eigenvalue weighted by Crippen LogP contribution is -2.54. The van der Waals surface area contributed by atoms with Crippen molar-refractivity contribution in [1.82, 2.24) is 48.4 Å². The number of anilines is 1. The molecule has 4 aromatic rings. The van der Waals surface area contributed by atoms with Gasteiger partial charge in [0.25, 0.3) is 22.6 Å². The summed E-state index contributed by atoms with van der Waals surface area (Å²) in [5, 5.41) is 14.3. The first-order valence-electron chi connectivity index (χ1n) is 33.0. The van der Waals surface area contributed by atoms with Crippen LogP contribution in [0.2, 0.25) is 0 Å². The number of amides is 1. The lowest BCUT2D eigenvalue weighted by molar-refractivity contribution is -0.222. The molecule has 0 aliphatic carbocycles. The number of rotatable bonds is 26. The second-order valence-electron chi connectivity index (χ2n) is 27.1. The van der Waals surface area contributed by atoms with Crippen LogP contribution in [0.3, 0.4) is 0 Å². The predicted molar refractivity (Wildman–Crippen MR) is 371 cm³/mol. The summed E-state index contributed by atoms with van der Waals surface area (Å²) in [4.78, 5) is 163. The number of phosphoric acid groups is 1. The van der Waals surface area contributed by atoms with Crippen LogP contribution in [0.4, 0.5) is 5.82 Å². The van der Waals surface area contributed by atoms with E-state index in [-0.39, 0.29) is 52.3 Å². The Hall–Kier alpha value is -5.19. The van der Waals surface area contributed by atoms with E-state index in [9.17, 15) is 63.0 Å². The Bertz CT molecular complexity index is 4900. The smallest absolute Gasteiger partial charge is 0.387 e. The third-order valence-electron chi connectivity index (χ3n) is 20.3. The number of nitrogens with zero attached hydrogens (tertiary/aromatic N) is 6. The van der Waals surface area contributed by atoms with Crippen molar-refractivity contribution in [2.75, 3.05) is 32.2 Å². The monoisotopic (exact) mass is 1630 g/mol. The molecular formula is C58H77N11O30P4S3. The highest BCUT2D eigenvalue weighted by molar-refractivity contribution is 8.07. The summed E-state index contributed by atoms with van der Waals surface area (Å²) in [5.74, 6) is -0.468. The number of carbonyl (C=O) groups is 1. The number of aliphatic hydroxyl groups is 1. The zero-order valence-corrected chi connectivity index (χ0v) is 63.7. The molecule has 4 aromatic heterocycles. The Labute approximate surface area is 614 Å². The van der Waals surface area contributed by atoms with Crippen LogP contribution in [0.15, 0.2) is 82.5 Å².